The van der Waals surface area contributed by atoms with Crippen LogP contribution in [0.4, 0.5) is 5.69 Å². The monoisotopic (exact) mass is 382 g/mol. The summed E-state index contributed by atoms with van der Waals surface area (Å²) in [6, 6.07) is 7.96. The van der Waals surface area contributed by atoms with Crippen molar-refractivity contribution in [1.82, 2.24) is 15.3 Å². The van der Waals surface area contributed by atoms with Crippen molar-refractivity contribution in [3.8, 4) is 0 Å². The quantitative estimate of drug-likeness (QED) is 0.354. The molecule has 0 aliphatic carbocycles. The van der Waals surface area contributed by atoms with Crippen LogP contribution >= 0.6 is 0 Å². The predicted octanol–water partition coefficient (Wildman–Crippen LogP) is 3.45. The first kappa shape index (κ1) is 21.4. The van der Waals surface area contributed by atoms with Crippen LogP contribution in [0.25, 0.3) is 11.6 Å². The fourth-order valence-electron chi connectivity index (χ4n) is 3.05. The number of unbranched alkanes of at least 4 members (excludes halogenated alkanes) is 3. The average Bonchev–Trinajstić information content (AvgIpc) is 3.17. The largest absolute Gasteiger partial charge is 0.377 e. The molecule has 1 aromatic heterocycles. The minimum Gasteiger partial charge on any atom is -0.377 e. The fourth-order valence-corrected chi connectivity index (χ4v) is 3.05. The highest BCUT2D eigenvalue weighted by atomic mass is 16.1. The number of benzene rings is 1. The van der Waals surface area contributed by atoms with Gasteiger partial charge in [0, 0.05) is 45.2 Å². The maximum absolute atomic E-state index is 11.7. The zero-order valence-corrected chi connectivity index (χ0v) is 17.0. The van der Waals surface area contributed by atoms with Gasteiger partial charge in [0.15, 0.2) is 6.29 Å². The first-order valence-corrected chi connectivity index (χ1v) is 9.73. The molecular formula is C22H30N4O2. The van der Waals surface area contributed by atoms with E-state index in [4.69, 9.17) is 0 Å². The number of H-pyrrole nitrogens is 1. The molecule has 0 aliphatic heterocycles. The van der Waals surface area contributed by atoms with Crippen molar-refractivity contribution in [1.29, 1.82) is 0 Å². The summed E-state index contributed by atoms with van der Waals surface area (Å²) < 4.78 is 0. The molecule has 2 aromatic rings. The van der Waals surface area contributed by atoms with Crippen LogP contribution in [0.15, 0.2) is 30.5 Å². The number of nitrogens with one attached hydrogen (secondary N) is 2. The lowest BCUT2D eigenvalue weighted by atomic mass is 10.1. The molecule has 1 aromatic carbocycles. The van der Waals surface area contributed by atoms with Crippen molar-refractivity contribution in [2.24, 2.45) is 0 Å². The van der Waals surface area contributed by atoms with Crippen molar-refractivity contribution >= 4 is 29.5 Å². The van der Waals surface area contributed by atoms with E-state index in [1.165, 1.54) is 0 Å². The summed E-state index contributed by atoms with van der Waals surface area (Å²) in [6.07, 6.45) is 9.89. The summed E-state index contributed by atoms with van der Waals surface area (Å²) in [6.45, 7) is 0. The standard InChI is InChI=1S/C22H30N4O2/c1-23-22(28)13-7-5-4-6-12-21-24-15-19(25-21)18(16-27)14-17-10-8-9-11-20(17)26(2)3/h8-11,14-16H,4-7,12-13H2,1-3H3,(H,23,28)(H,24,25)/b18-14+. The van der Waals surface area contributed by atoms with Crippen LogP contribution in [0, 0.1) is 0 Å². The number of carbonyl (C=O) groups excluding carboxylic acids is 2. The molecule has 6 heteroatoms. The number of aldehydes is 1. The number of anilines is 1. The smallest absolute Gasteiger partial charge is 0.219 e. The Labute approximate surface area is 167 Å². The van der Waals surface area contributed by atoms with Crippen LogP contribution in [0.2, 0.25) is 0 Å². The van der Waals surface area contributed by atoms with Crippen molar-refractivity contribution in [2.45, 2.75) is 38.5 Å². The van der Waals surface area contributed by atoms with E-state index in [2.05, 4.69) is 15.3 Å². The number of allylic oxidation sites excluding steroid dienone is 1. The third-order valence-electron chi connectivity index (χ3n) is 4.64. The molecule has 0 saturated heterocycles. The Hall–Kier alpha value is -2.89. The van der Waals surface area contributed by atoms with Gasteiger partial charge in [-0.15, -0.1) is 0 Å². The highest BCUT2D eigenvalue weighted by molar-refractivity contribution is 6.13. The zero-order chi connectivity index (χ0) is 20.4. The predicted molar refractivity (Wildman–Crippen MR) is 114 cm³/mol. The highest BCUT2D eigenvalue weighted by Crippen LogP contribution is 2.23. The topological polar surface area (TPSA) is 78.1 Å². The molecule has 1 heterocycles. The number of para-hydroxylation sites is 1. The Morgan fingerprint density at radius 2 is 1.93 bits per heavy atom. The van der Waals surface area contributed by atoms with Gasteiger partial charge in [-0.05, 0) is 30.5 Å². The van der Waals surface area contributed by atoms with Gasteiger partial charge in [0.1, 0.15) is 5.82 Å². The van der Waals surface area contributed by atoms with Gasteiger partial charge in [-0.1, -0.05) is 31.0 Å². The van der Waals surface area contributed by atoms with Gasteiger partial charge in [-0.3, -0.25) is 9.59 Å². The maximum atomic E-state index is 11.7. The van der Waals surface area contributed by atoms with Gasteiger partial charge in [0.25, 0.3) is 0 Å². The molecule has 0 atom stereocenters. The molecular weight excluding hydrogens is 352 g/mol. The number of hydrogen-bond donors (Lipinski definition) is 2. The van der Waals surface area contributed by atoms with Crippen molar-refractivity contribution in [3.05, 3.63) is 47.5 Å². The van der Waals surface area contributed by atoms with Crippen LogP contribution in [0.5, 0.6) is 0 Å². The summed E-state index contributed by atoms with van der Waals surface area (Å²) in [5.41, 5.74) is 3.36. The molecule has 2 N–H and O–H groups in total. The van der Waals surface area contributed by atoms with Crippen LogP contribution in [0.3, 0.4) is 0 Å². The zero-order valence-electron chi connectivity index (χ0n) is 17.0. The number of hydrogen-bond acceptors (Lipinski definition) is 4. The van der Waals surface area contributed by atoms with E-state index in [0.29, 0.717) is 12.0 Å². The Morgan fingerprint density at radius 1 is 1.18 bits per heavy atom. The van der Waals surface area contributed by atoms with E-state index in [1.807, 2.05) is 49.3 Å². The Morgan fingerprint density at radius 3 is 2.64 bits per heavy atom. The van der Waals surface area contributed by atoms with Gasteiger partial charge < -0.3 is 15.2 Å². The SMILES string of the molecule is CNC(=O)CCCCCCc1ncc(/C(C=O)=C/c2ccccc2N(C)C)[nH]1. The van der Waals surface area contributed by atoms with E-state index in [-0.39, 0.29) is 5.91 Å². The number of amides is 1. The summed E-state index contributed by atoms with van der Waals surface area (Å²) in [5, 5.41) is 2.64. The lowest BCUT2D eigenvalue weighted by Gasteiger charge is -2.15. The third kappa shape index (κ3) is 6.37. The number of imidazole rings is 1. The molecule has 0 aliphatic rings. The minimum absolute atomic E-state index is 0.0969. The molecule has 0 saturated carbocycles. The second kappa shape index (κ2) is 11.1. The van der Waals surface area contributed by atoms with Crippen molar-refractivity contribution in [2.75, 3.05) is 26.0 Å². The van der Waals surface area contributed by atoms with Crippen LogP contribution in [0.1, 0.15) is 49.2 Å². The first-order valence-electron chi connectivity index (χ1n) is 9.73. The lowest BCUT2D eigenvalue weighted by Crippen LogP contribution is -2.16. The first-order chi connectivity index (χ1) is 13.5. The van der Waals surface area contributed by atoms with Crippen molar-refractivity contribution < 1.29 is 9.59 Å². The lowest BCUT2D eigenvalue weighted by molar-refractivity contribution is -0.120. The van der Waals surface area contributed by atoms with Crippen molar-refractivity contribution in [3.63, 3.8) is 0 Å². The number of aromatic nitrogens is 2. The van der Waals surface area contributed by atoms with Gasteiger partial charge in [0.05, 0.1) is 11.9 Å². The number of nitrogens with zero attached hydrogens (tertiary/aromatic N) is 2. The molecule has 0 bridgehead atoms. The van der Waals surface area contributed by atoms with E-state index in [0.717, 1.165) is 61.2 Å². The number of rotatable bonds is 11. The molecule has 28 heavy (non-hydrogen) atoms. The molecule has 150 valence electrons. The summed E-state index contributed by atoms with van der Waals surface area (Å²) in [4.78, 5) is 32.5. The Kier molecular flexibility index (Phi) is 8.46. The van der Waals surface area contributed by atoms with Gasteiger partial charge in [-0.2, -0.15) is 0 Å². The second-order valence-corrected chi connectivity index (χ2v) is 7.00. The van der Waals surface area contributed by atoms with Crippen LogP contribution in [-0.4, -0.2) is 43.3 Å². The fraction of sp³-hybridized carbons (Fsp3) is 0.409. The normalized spacial score (nSPS) is 11.3. The maximum Gasteiger partial charge on any atom is 0.219 e. The van der Waals surface area contributed by atoms with Crippen LogP contribution < -0.4 is 10.2 Å². The Balaban J connectivity index is 1.94. The van der Waals surface area contributed by atoms with E-state index in [9.17, 15) is 9.59 Å². The van der Waals surface area contributed by atoms with Gasteiger partial charge in [-0.25, -0.2) is 4.98 Å². The Bertz CT molecular complexity index is 808. The second-order valence-electron chi connectivity index (χ2n) is 7.00. The van der Waals surface area contributed by atoms with E-state index in [1.54, 1.807) is 13.2 Å². The molecule has 0 unspecified atom stereocenters. The van der Waals surface area contributed by atoms with Gasteiger partial charge in [0.2, 0.25) is 5.91 Å². The molecule has 0 spiro atoms. The summed E-state index contributed by atoms with van der Waals surface area (Å²) in [7, 11) is 5.63. The summed E-state index contributed by atoms with van der Waals surface area (Å²) in [5.74, 6) is 0.981. The number of carbonyl (C=O) groups is 2. The van der Waals surface area contributed by atoms with Crippen LogP contribution in [-0.2, 0) is 16.0 Å². The number of aryl methyl sites for hydroxylation is 1. The number of aromatic amines is 1. The average molecular weight is 383 g/mol. The molecule has 0 radical (unpaired) electrons. The third-order valence-corrected chi connectivity index (χ3v) is 4.64. The van der Waals surface area contributed by atoms with Gasteiger partial charge >= 0.3 is 0 Å². The summed E-state index contributed by atoms with van der Waals surface area (Å²) >= 11 is 0. The molecule has 2 rings (SSSR count). The highest BCUT2D eigenvalue weighted by Gasteiger charge is 2.08. The molecule has 6 nitrogen and oxygen atoms in total. The van der Waals surface area contributed by atoms with E-state index >= 15 is 0 Å². The van der Waals surface area contributed by atoms with E-state index < -0.39 is 0 Å². The molecule has 0 fully saturated rings. The minimum atomic E-state index is 0.0969. The molecule has 1 amide bonds.